The Hall–Kier alpha value is -3.06. The molecule has 0 radical (unpaired) electrons. The van der Waals surface area contributed by atoms with Gasteiger partial charge in [-0.15, -0.1) is 0 Å². The minimum atomic E-state index is 1.06. The van der Waals surface area contributed by atoms with Crippen molar-refractivity contribution >= 4 is 22.5 Å². The van der Waals surface area contributed by atoms with E-state index in [0.29, 0.717) is 0 Å². The van der Waals surface area contributed by atoms with Crippen LogP contribution in [0, 0.1) is 0 Å². The summed E-state index contributed by atoms with van der Waals surface area (Å²) in [5.74, 6) is 0. The summed E-state index contributed by atoms with van der Waals surface area (Å²) >= 11 is 0. The van der Waals surface area contributed by atoms with E-state index in [2.05, 4.69) is 86.1 Å². The Morgan fingerprint density at radius 2 is 1.33 bits per heavy atom. The summed E-state index contributed by atoms with van der Waals surface area (Å²) in [7, 11) is 0. The van der Waals surface area contributed by atoms with E-state index >= 15 is 0 Å². The number of hydrogen-bond acceptors (Lipinski definition) is 1. The van der Waals surface area contributed by atoms with Crippen LogP contribution in [0.5, 0.6) is 0 Å². The highest BCUT2D eigenvalue weighted by Gasteiger charge is 2.00. The molecule has 27 heavy (non-hydrogen) atoms. The SMILES string of the molecule is C=C/C=C(\C=C)c1ccc(Nc2ccc(/C(C)=C/C=C\C)cc2)cc1.CC. The van der Waals surface area contributed by atoms with Crippen molar-refractivity contribution in [3.8, 4) is 0 Å². The van der Waals surface area contributed by atoms with Gasteiger partial charge in [0.05, 0.1) is 0 Å². The Morgan fingerprint density at radius 1 is 0.815 bits per heavy atom. The Labute approximate surface area is 165 Å². The van der Waals surface area contributed by atoms with Crippen LogP contribution in [0.15, 0.2) is 98.1 Å². The minimum Gasteiger partial charge on any atom is -0.356 e. The van der Waals surface area contributed by atoms with Crippen molar-refractivity contribution in [2.24, 2.45) is 0 Å². The average molecular weight is 358 g/mol. The van der Waals surface area contributed by atoms with Gasteiger partial charge in [-0.1, -0.05) is 87.7 Å². The van der Waals surface area contributed by atoms with Gasteiger partial charge in [0, 0.05) is 11.4 Å². The number of hydrogen-bond donors (Lipinski definition) is 1. The summed E-state index contributed by atoms with van der Waals surface area (Å²) in [6, 6.07) is 16.8. The van der Waals surface area contributed by atoms with Gasteiger partial charge >= 0.3 is 0 Å². The maximum absolute atomic E-state index is 3.85. The largest absolute Gasteiger partial charge is 0.356 e. The average Bonchev–Trinajstić information content (AvgIpc) is 2.73. The fourth-order valence-electron chi connectivity index (χ4n) is 2.48. The van der Waals surface area contributed by atoms with Crippen molar-refractivity contribution in [2.45, 2.75) is 27.7 Å². The van der Waals surface area contributed by atoms with Crippen molar-refractivity contribution in [1.82, 2.24) is 0 Å². The summed E-state index contributed by atoms with van der Waals surface area (Å²) in [5, 5.41) is 3.43. The molecule has 1 nitrogen and oxygen atoms in total. The second kappa shape index (κ2) is 12.3. The lowest BCUT2D eigenvalue weighted by Crippen LogP contribution is -1.91. The van der Waals surface area contributed by atoms with Crippen molar-refractivity contribution in [1.29, 1.82) is 0 Å². The molecule has 140 valence electrons. The summed E-state index contributed by atoms with van der Waals surface area (Å²) in [6.45, 7) is 15.7. The minimum absolute atomic E-state index is 1.06. The maximum Gasteiger partial charge on any atom is 0.0384 e. The molecule has 2 rings (SSSR count). The highest BCUT2D eigenvalue weighted by atomic mass is 14.9. The third-order valence-electron chi connectivity index (χ3n) is 3.90. The highest BCUT2D eigenvalue weighted by Crippen LogP contribution is 2.23. The van der Waals surface area contributed by atoms with E-state index in [9.17, 15) is 0 Å². The maximum atomic E-state index is 3.85. The van der Waals surface area contributed by atoms with E-state index in [1.165, 1.54) is 11.1 Å². The molecular weight excluding hydrogens is 326 g/mol. The lowest BCUT2D eigenvalue weighted by molar-refractivity contribution is 1.50. The molecular formula is C26H31N. The molecule has 0 unspecified atom stereocenters. The molecule has 0 bridgehead atoms. The van der Waals surface area contributed by atoms with Gasteiger partial charge in [0.1, 0.15) is 0 Å². The molecule has 0 spiro atoms. The summed E-state index contributed by atoms with van der Waals surface area (Å²) in [4.78, 5) is 0. The molecule has 0 heterocycles. The first-order chi connectivity index (χ1) is 13.2. The molecule has 2 aromatic carbocycles. The second-order valence-electron chi connectivity index (χ2n) is 5.72. The van der Waals surface area contributed by atoms with E-state index in [-0.39, 0.29) is 0 Å². The number of allylic oxidation sites excluding steroid dienone is 8. The monoisotopic (exact) mass is 357 g/mol. The van der Waals surface area contributed by atoms with Crippen molar-refractivity contribution in [2.75, 3.05) is 5.32 Å². The van der Waals surface area contributed by atoms with Crippen LogP contribution in [0.1, 0.15) is 38.8 Å². The van der Waals surface area contributed by atoms with Gasteiger partial charge < -0.3 is 5.32 Å². The number of benzene rings is 2. The first-order valence-corrected chi connectivity index (χ1v) is 9.40. The second-order valence-corrected chi connectivity index (χ2v) is 5.72. The van der Waals surface area contributed by atoms with Gasteiger partial charge in [0.25, 0.3) is 0 Å². The molecule has 1 heteroatoms. The molecule has 0 aliphatic heterocycles. The van der Waals surface area contributed by atoms with E-state index < -0.39 is 0 Å². The zero-order chi connectivity index (χ0) is 20.1. The van der Waals surface area contributed by atoms with E-state index in [1.807, 2.05) is 39.0 Å². The van der Waals surface area contributed by atoms with Crippen LogP contribution in [-0.2, 0) is 0 Å². The van der Waals surface area contributed by atoms with Gasteiger partial charge in [-0.05, 0) is 60.4 Å². The zero-order valence-corrected chi connectivity index (χ0v) is 17.0. The van der Waals surface area contributed by atoms with Gasteiger partial charge in [-0.25, -0.2) is 0 Å². The van der Waals surface area contributed by atoms with Gasteiger partial charge in [0.15, 0.2) is 0 Å². The fourth-order valence-corrected chi connectivity index (χ4v) is 2.48. The van der Waals surface area contributed by atoms with Crippen molar-refractivity contribution in [3.63, 3.8) is 0 Å². The zero-order valence-electron chi connectivity index (χ0n) is 17.0. The molecule has 0 amide bonds. The topological polar surface area (TPSA) is 12.0 Å². The van der Waals surface area contributed by atoms with Crippen molar-refractivity contribution in [3.05, 3.63) is 109 Å². The molecule has 0 saturated heterocycles. The number of nitrogens with one attached hydrogen (secondary N) is 1. The Bertz CT molecular complexity index is 800. The third-order valence-corrected chi connectivity index (χ3v) is 3.90. The lowest BCUT2D eigenvalue weighted by Gasteiger charge is -2.09. The van der Waals surface area contributed by atoms with E-state index in [1.54, 1.807) is 6.08 Å². The Kier molecular flexibility index (Phi) is 10.0. The van der Waals surface area contributed by atoms with Gasteiger partial charge in [-0.2, -0.15) is 0 Å². The Morgan fingerprint density at radius 3 is 1.78 bits per heavy atom. The predicted octanol–water partition coefficient (Wildman–Crippen LogP) is 8.19. The molecule has 0 saturated carbocycles. The molecule has 2 aromatic rings. The molecule has 0 aliphatic rings. The summed E-state index contributed by atoms with van der Waals surface area (Å²) < 4.78 is 0. The van der Waals surface area contributed by atoms with E-state index in [4.69, 9.17) is 0 Å². The van der Waals surface area contributed by atoms with Crippen LogP contribution in [0.4, 0.5) is 11.4 Å². The molecule has 0 aliphatic carbocycles. The smallest absolute Gasteiger partial charge is 0.0384 e. The lowest BCUT2D eigenvalue weighted by atomic mass is 10.0. The third kappa shape index (κ3) is 6.99. The van der Waals surface area contributed by atoms with Gasteiger partial charge in [-0.3, -0.25) is 0 Å². The van der Waals surface area contributed by atoms with Crippen LogP contribution in [-0.4, -0.2) is 0 Å². The standard InChI is InChI=1S/C24H25N.C2H6/c1-5-8-10-19(4)21-11-15-23(16-12-21)25-24-17-13-22(14-18-24)20(7-3)9-6-2;1-2/h5-18,25H,2-3H2,1,4H3;1-2H3/b8-5-,19-10+,20-9+;. The fraction of sp³-hybridized carbons (Fsp3) is 0.154. The molecule has 0 fully saturated rings. The Balaban J connectivity index is 0.00000176. The van der Waals surface area contributed by atoms with Crippen molar-refractivity contribution < 1.29 is 0 Å². The normalized spacial score (nSPS) is 11.6. The van der Waals surface area contributed by atoms with Crippen LogP contribution >= 0.6 is 0 Å². The first-order valence-electron chi connectivity index (χ1n) is 9.40. The highest BCUT2D eigenvalue weighted by molar-refractivity contribution is 5.76. The quantitative estimate of drug-likeness (QED) is 0.492. The molecule has 1 N–H and O–H groups in total. The van der Waals surface area contributed by atoms with Gasteiger partial charge in [0.2, 0.25) is 0 Å². The van der Waals surface area contributed by atoms with Crippen LogP contribution in [0.2, 0.25) is 0 Å². The van der Waals surface area contributed by atoms with Crippen LogP contribution < -0.4 is 5.32 Å². The predicted molar refractivity (Wildman–Crippen MR) is 124 cm³/mol. The van der Waals surface area contributed by atoms with Crippen LogP contribution in [0.25, 0.3) is 11.1 Å². The summed E-state index contributed by atoms with van der Waals surface area (Å²) in [5.41, 5.74) is 6.79. The van der Waals surface area contributed by atoms with Crippen LogP contribution in [0.3, 0.4) is 0 Å². The number of rotatable bonds is 7. The van der Waals surface area contributed by atoms with E-state index in [0.717, 1.165) is 22.5 Å². The molecule has 0 atom stereocenters. The number of anilines is 2. The first kappa shape index (κ1) is 22.0. The molecule has 0 aromatic heterocycles. The summed E-state index contributed by atoms with van der Waals surface area (Å²) in [6.07, 6.45) is 11.8.